The van der Waals surface area contributed by atoms with Crippen LogP contribution in [0.4, 0.5) is 5.69 Å². The van der Waals surface area contributed by atoms with E-state index in [2.05, 4.69) is 5.32 Å². The minimum absolute atomic E-state index is 0.471. The van der Waals surface area contributed by atoms with Gasteiger partial charge in [-0.05, 0) is 19.1 Å². The van der Waals surface area contributed by atoms with Crippen molar-refractivity contribution >= 4 is 40.5 Å². The van der Waals surface area contributed by atoms with E-state index < -0.39 is 10.0 Å². The van der Waals surface area contributed by atoms with Crippen molar-refractivity contribution in [1.29, 1.82) is 0 Å². The van der Waals surface area contributed by atoms with Crippen molar-refractivity contribution in [3.05, 3.63) is 30.3 Å². The Morgan fingerprint density at radius 1 is 1.27 bits per heavy atom. The number of hydrogen-bond donors (Lipinski definition) is 1. The molecule has 1 unspecified atom stereocenters. The third kappa shape index (κ3) is 4.47. The van der Waals surface area contributed by atoms with Gasteiger partial charge in [-0.15, -0.1) is 0 Å². The molecule has 2 nitrogen and oxygen atoms in total. The first-order chi connectivity index (χ1) is 7.04. The summed E-state index contributed by atoms with van der Waals surface area (Å²) < 4.78 is 3.81. The van der Waals surface area contributed by atoms with E-state index in [0.29, 0.717) is 6.61 Å². The van der Waals surface area contributed by atoms with E-state index in [0.717, 1.165) is 5.69 Å². The van der Waals surface area contributed by atoms with Crippen molar-refractivity contribution in [3.8, 4) is 0 Å². The highest BCUT2D eigenvalue weighted by molar-refractivity contribution is 6.68. The number of nitrogens with one attached hydrogen (secondary N) is 1. The lowest BCUT2D eigenvalue weighted by Crippen LogP contribution is -2.36. The number of para-hydroxylation sites is 1. The van der Waals surface area contributed by atoms with Gasteiger partial charge < -0.3 is 10.1 Å². The van der Waals surface area contributed by atoms with Crippen LogP contribution >= 0.6 is 34.8 Å². The van der Waals surface area contributed by atoms with Crippen LogP contribution in [0.3, 0.4) is 0 Å². The van der Waals surface area contributed by atoms with Crippen LogP contribution < -0.4 is 5.32 Å². The molecule has 1 atom stereocenters. The van der Waals surface area contributed by atoms with Gasteiger partial charge in [0.05, 0.1) is 0 Å². The van der Waals surface area contributed by atoms with Crippen molar-refractivity contribution < 1.29 is 4.74 Å². The fourth-order valence-electron chi connectivity index (χ4n) is 1.07. The van der Waals surface area contributed by atoms with Gasteiger partial charge in [0.15, 0.2) is 6.23 Å². The van der Waals surface area contributed by atoms with Gasteiger partial charge in [-0.1, -0.05) is 53.0 Å². The minimum atomic E-state index is -1.49. The van der Waals surface area contributed by atoms with Gasteiger partial charge in [-0.25, -0.2) is 0 Å². The largest absolute Gasteiger partial charge is 0.357 e. The summed E-state index contributed by atoms with van der Waals surface area (Å²) in [6, 6.07) is 9.45. The van der Waals surface area contributed by atoms with E-state index in [1.165, 1.54) is 0 Å². The smallest absolute Gasteiger partial charge is 0.234 e. The first-order valence-corrected chi connectivity index (χ1v) is 5.67. The second-order valence-corrected chi connectivity index (χ2v) is 5.26. The number of hydrogen-bond acceptors (Lipinski definition) is 2. The molecule has 0 saturated heterocycles. The maximum absolute atomic E-state index is 5.77. The van der Waals surface area contributed by atoms with Gasteiger partial charge in [0.1, 0.15) is 0 Å². The topological polar surface area (TPSA) is 21.3 Å². The van der Waals surface area contributed by atoms with Gasteiger partial charge >= 0.3 is 0 Å². The van der Waals surface area contributed by atoms with E-state index >= 15 is 0 Å². The number of alkyl halides is 3. The fraction of sp³-hybridized carbons (Fsp3) is 0.400. The van der Waals surface area contributed by atoms with Gasteiger partial charge in [0.25, 0.3) is 0 Å². The van der Waals surface area contributed by atoms with E-state index in [1.807, 2.05) is 37.3 Å². The zero-order valence-electron chi connectivity index (χ0n) is 8.21. The van der Waals surface area contributed by atoms with Crippen LogP contribution in [-0.2, 0) is 4.74 Å². The molecule has 0 radical (unpaired) electrons. The predicted octanol–water partition coefficient (Wildman–Crippen LogP) is 3.83. The van der Waals surface area contributed by atoms with Gasteiger partial charge in [0.2, 0.25) is 3.79 Å². The van der Waals surface area contributed by atoms with Crippen LogP contribution in [0.5, 0.6) is 0 Å². The maximum atomic E-state index is 5.77. The molecule has 0 spiro atoms. The zero-order chi connectivity index (χ0) is 11.3. The van der Waals surface area contributed by atoms with E-state index in [9.17, 15) is 0 Å². The Morgan fingerprint density at radius 2 is 1.87 bits per heavy atom. The molecular weight excluding hydrogens is 256 g/mol. The molecule has 0 fully saturated rings. The molecule has 0 aliphatic carbocycles. The molecule has 0 saturated carbocycles. The van der Waals surface area contributed by atoms with Crippen LogP contribution in [0.15, 0.2) is 30.3 Å². The third-order valence-corrected chi connectivity index (χ3v) is 2.30. The lowest BCUT2D eigenvalue weighted by molar-refractivity contribution is 0.0856. The number of anilines is 1. The molecule has 1 rings (SSSR count). The molecule has 84 valence electrons. The molecule has 0 aliphatic heterocycles. The number of benzene rings is 1. The van der Waals surface area contributed by atoms with Crippen molar-refractivity contribution in [2.75, 3.05) is 11.9 Å². The van der Waals surface area contributed by atoms with Crippen LogP contribution in [0.2, 0.25) is 0 Å². The van der Waals surface area contributed by atoms with Crippen molar-refractivity contribution in [2.24, 2.45) is 0 Å². The predicted molar refractivity (Wildman–Crippen MR) is 65.8 cm³/mol. The van der Waals surface area contributed by atoms with Crippen LogP contribution in [0, 0.1) is 0 Å². The summed E-state index contributed by atoms with van der Waals surface area (Å²) in [5, 5.41) is 3.00. The summed E-state index contributed by atoms with van der Waals surface area (Å²) in [5.74, 6) is 0. The SMILES string of the molecule is CCOC(Nc1ccccc1)C(Cl)(Cl)Cl. The van der Waals surface area contributed by atoms with Crippen LogP contribution in [0.1, 0.15) is 6.92 Å². The summed E-state index contributed by atoms with van der Waals surface area (Å²) in [6.45, 7) is 2.31. The first kappa shape index (κ1) is 12.9. The van der Waals surface area contributed by atoms with E-state index in [-0.39, 0.29) is 0 Å². The van der Waals surface area contributed by atoms with E-state index in [1.54, 1.807) is 0 Å². The van der Waals surface area contributed by atoms with Gasteiger partial charge in [-0.2, -0.15) is 0 Å². The fourth-order valence-corrected chi connectivity index (χ4v) is 1.42. The monoisotopic (exact) mass is 267 g/mol. The Balaban J connectivity index is 2.67. The molecule has 5 heteroatoms. The normalized spacial score (nSPS) is 13.6. The number of halogens is 3. The second kappa shape index (κ2) is 5.80. The molecule has 0 heterocycles. The number of rotatable bonds is 4. The van der Waals surface area contributed by atoms with Crippen LogP contribution in [0.25, 0.3) is 0 Å². The Bertz CT molecular complexity index is 286. The average Bonchev–Trinajstić information content (AvgIpc) is 2.17. The highest BCUT2D eigenvalue weighted by Gasteiger charge is 2.33. The molecule has 0 amide bonds. The standard InChI is InChI=1S/C10H12Cl3NO/c1-2-15-9(10(11,12)13)14-8-6-4-3-5-7-8/h3-7,9,14H,2H2,1H3. The molecule has 0 aromatic heterocycles. The molecule has 1 aromatic carbocycles. The first-order valence-electron chi connectivity index (χ1n) is 4.54. The van der Waals surface area contributed by atoms with Crippen molar-refractivity contribution in [1.82, 2.24) is 0 Å². The molecule has 0 aliphatic rings. The summed E-state index contributed by atoms with van der Waals surface area (Å²) in [4.78, 5) is 0. The maximum Gasteiger partial charge on any atom is 0.234 e. The Kier molecular flexibility index (Phi) is 5.00. The van der Waals surface area contributed by atoms with Crippen LogP contribution in [-0.4, -0.2) is 16.6 Å². The molecule has 15 heavy (non-hydrogen) atoms. The summed E-state index contributed by atoms with van der Waals surface area (Å²) >= 11 is 17.3. The van der Waals surface area contributed by atoms with Gasteiger partial charge in [0, 0.05) is 12.3 Å². The average molecular weight is 269 g/mol. The van der Waals surface area contributed by atoms with Crippen molar-refractivity contribution in [2.45, 2.75) is 16.9 Å². The summed E-state index contributed by atoms with van der Waals surface area (Å²) in [5.41, 5.74) is 0.849. The summed E-state index contributed by atoms with van der Waals surface area (Å²) in [7, 11) is 0. The quantitative estimate of drug-likeness (QED) is 0.662. The Morgan fingerprint density at radius 3 is 2.33 bits per heavy atom. The molecule has 0 bridgehead atoms. The minimum Gasteiger partial charge on any atom is -0.357 e. The Hall–Kier alpha value is -0.150. The lowest BCUT2D eigenvalue weighted by Gasteiger charge is -2.25. The zero-order valence-corrected chi connectivity index (χ0v) is 10.5. The third-order valence-electron chi connectivity index (χ3n) is 1.70. The Labute approximate surface area is 104 Å². The second-order valence-electron chi connectivity index (χ2n) is 2.89. The highest BCUT2D eigenvalue weighted by atomic mass is 35.6. The van der Waals surface area contributed by atoms with Gasteiger partial charge in [-0.3, -0.25) is 0 Å². The molecule has 1 aromatic rings. The molecular formula is C10H12Cl3NO. The lowest BCUT2D eigenvalue weighted by atomic mass is 10.3. The number of ether oxygens (including phenoxy) is 1. The summed E-state index contributed by atoms with van der Waals surface area (Å²) in [6.07, 6.45) is -0.658. The van der Waals surface area contributed by atoms with E-state index in [4.69, 9.17) is 39.5 Å². The van der Waals surface area contributed by atoms with Crippen molar-refractivity contribution in [3.63, 3.8) is 0 Å². The highest BCUT2D eigenvalue weighted by Crippen LogP contribution is 2.32. The molecule has 1 N–H and O–H groups in total.